The van der Waals surface area contributed by atoms with Gasteiger partial charge in [0.2, 0.25) is 0 Å². The van der Waals surface area contributed by atoms with Crippen LogP contribution in [0.15, 0.2) is 18.2 Å². The number of benzene rings is 1. The molecule has 0 aromatic heterocycles. The Morgan fingerprint density at radius 3 is 2.95 bits per heavy atom. The Balaban J connectivity index is 1.92. The molecular formula is C16H23NO3. The van der Waals surface area contributed by atoms with Crippen LogP contribution in [-0.2, 0) is 0 Å². The van der Waals surface area contributed by atoms with Gasteiger partial charge in [-0.15, -0.1) is 0 Å². The number of phenolic OH excluding ortho intramolecular Hbond substituents is 1. The number of phenols is 1. The number of piperidine rings is 1. The number of fused-ring (bicyclic) bond motifs is 1. The van der Waals surface area contributed by atoms with Gasteiger partial charge in [0.05, 0.1) is 12.7 Å². The van der Waals surface area contributed by atoms with E-state index in [9.17, 15) is 10.2 Å². The van der Waals surface area contributed by atoms with E-state index in [1.165, 1.54) is 6.42 Å². The summed E-state index contributed by atoms with van der Waals surface area (Å²) in [6.45, 7) is 0.834. The van der Waals surface area contributed by atoms with Crippen LogP contribution in [-0.4, -0.2) is 29.5 Å². The van der Waals surface area contributed by atoms with Crippen LogP contribution in [0.5, 0.6) is 11.5 Å². The summed E-state index contributed by atoms with van der Waals surface area (Å²) in [5, 5.41) is 24.1. The maximum absolute atomic E-state index is 10.9. The number of rotatable bonds is 2. The van der Waals surface area contributed by atoms with Crippen LogP contribution < -0.4 is 10.1 Å². The fourth-order valence-electron chi connectivity index (χ4n) is 3.86. The number of ether oxygens (including phenoxy) is 1. The van der Waals surface area contributed by atoms with Gasteiger partial charge in [0.15, 0.2) is 11.5 Å². The lowest BCUT2D eigenvalue weighted by molar-refractivity contribution is -0.0861. The Bertz CT molecular complexity index is 487. The quantitative estimate of drug-likeness (QED) is 0.776. The second kappa shape index (κ2) is 5.26. The van der Waals surface area contributed by atoms with Crippen molar-refractivity contribution in [2.24, 2.45) is 5.92 Å². The zero-order valence-corrected chi connectivity index (χ0v) is 11.9. The van der Waals surface area contributed by atoms with Gasteiger partial charge >= 0.3 is 0 Å². The maximum Gasteiger partial charge on any atom is 0.160 e. The molecule has 2 fully saturated rings. The molecule has 4 heteroatoms. The summed E-state index contributed by atoms with van der Waals surface area (Å²) in [6.07, 6.45) is 5.10. The highest BCUT2D eigenvalue weighted by atomic mass is 16.5. The lowest BCUT2D eigenvalue weighted by Crippen LogP contribution is -2.53. The molecule has 1 aliphatic carbocycles. The van der Waals surface area contributed by atoms with Crippen molar-refractivity contribution in [1.82, 2.24) is 5.32 Å². The number of hydrogen-bond acceptors (Lipinski definition) is 4. The van der Waals surface area contributed by atoms with E-state index in [0.29, 0.717) is 5.75 Å². The van der Waals surface area contributed by atoms with Crippen LogP contribution in [0.1, 0.15) is 43.7 Å². The molecule has 1 aliphatic heterocycles. The van der Waals surface area contributed by atoms with E-state index in [-0.39, 0.29) is 17.7 Å². The minimum absolute atomic E-state index is 0.142. The standard InChI is InChI=1S/C16H23NO3/c1-20-14-10-11(5-6-13(14)18)15-12-4-2-3-7-16(12,19)8-9-17-15/h5-6,10,12,15,17-19H,2-4,7-9H2,1H3/t12-,15-,16+/m0/s1. The Hall–Kier alpha value is -1.26. The molecule has 0 radical (unpaired) electrons. The van der Waals surface area contributed by atoms with Crippen LogP contribution in [0, 0.1) is 5.92 Å². The first kappa shape index (κ1) is 13.7. The summed E-state index contributed by atoms with van der Waals surface area (Å²) in [5.41, 5.74) is 0.559. The van der Waals surface area contributed by atoms with Gasteiger partial charge in [-0.3, -0.25) is 0 Å². The Morgan fingerprint density at radius 1 is 1.30 bits per heavy atom. The van der Waals surface area contributed by atoms with E-state index in [1.54, 1.807) is 13.2 Å². The highest BCUT2D eigenvalue weighted by Crippen LogP contribution is 2.46. The van der Waals surface area contributed by atoms with Crippen LogP contribution in [0.3, 0.4) is 0 Å². The summed E-state index contributed by atoms with van der Waals surface area (Å²) in [6, 6.07) is 5.62. The minimum Gasteiger partial charge on any atom is -0.504 e. The zero-order valence-electron chi connectivity index (χ0n) is 11.9. The summed E-state index contributed by atoms with van der Waals surface area (Å²) in [5.74, 6) is 0.902. The molecule has 1 aromatic carbocycles. The smallest absolute Gasteiger partial charge is 0.160 e. The molecule has 0 bridgehead atoms. The fraction of sp³-hybridized carbons (Fsp3) is 0.625. The van der Waals surface area contributed by atoms with E-state index >= 15 is 0 Å². The zero-order chi connectivity index (χ0) is 14.2. The van der Waals surface area contributed by atoms with Gasteiger partial charge in [-0.05, 0) is 43.5 Å². The lowest BCUT2D eigenvalue weighted by Gasteiger charge is -2.48. The van der Waals surface area contributed by atoms with Crippen LogP contribution in [0.2, 0.25) is 0 Å². The predicted molar refractivity (Wildman–Crippen MR) is 76.9 cm³/mol. The van der Waals surface area contributed by atoms with Crippen molar-refractivity contribution in [3.05, 3.63) is 23.8 Å². The van der Waals surface area contributed by atoms with Crippen LogP contribution >= 0.6 is 0 Å². The second-order valence-electron chi connectivity index (χ2n) is 6.07. The van der Waals surface area contributed by atoms with Crippen molar-refractivity contribution >= 4 is 0 Å². The molecule has 3 N–H and O–H groups in total. The third kappa shape index (κ3) is 2.27. The monoisotopic (exact) mass is 277 g/mol. The van der Waals surface area contributed by atoms with E-state index in [2.05, 4.69) is 5.32 Å². The Morgan fingerprint density at radius 2 is 2.15 bits per heavy atom. The van der Waals surface area contributed by atoms with Crippen LogP contribution in [0.4, 0.5) is 0 Å². The third-order valence-corrected chi connectivity index (χ3v) is 4.95. The average Bonchev–Trinajstić information content (AvgIpc) is 2.46. The average molecular weight is 277 g/mol. The maximum atomic E-state index is 10.9. The summed E-state index contributed by atoms with van der Waals surface area (Å²) in [4.78, 5) is 0. The lowest BCUT2D eigenvalue weighted by atomic mass is 9.67. The Kier molecular flexibility index (Phi) is 3.61. The molecule has 0 amide bonds. The largest absolute Gasteiger partial charge is 0.504 e. The van der Waals surface area contributed by atoms with Gasteiger partial charge in [-0.1, -0.05) is 18.9 Å². The van der Waals surface area contributed by atoms with Crippen molar-refractivity contribution in [3.63, 3.8) is 0 Å². The summed E-state index contributed by atoms with van der Waals surface area (Å²) < 4.78 is 5.20. The first-order valence-electron chi connectivity index (χ1n) is 7.47. The number of methoxy groups -OCH3 is 1. The minimum atomic E-state index is -0.528. The Labute approximate surface area is 119 Å². The van der Waals surface area contributed by atoms with Crippen molar-refractivity contribution in [3.8, 4) is 11.5 Å². The number of aliphatic hydroxyl groups is 1. The molecule has 2 aliphatic rings. The molecule has 3 rings (SSSR count). The molecule has 4 nitrogen and oxygen atoms in total. The summed E-state index contributed by atoms with van der Waals surface area (Å²) >= 11 is 0. The molecule has 1 aromatic rings. The number of aromatic hydroxyl groups is 1. The molecular weight excluding hydrogens is 254 g/mol. The van der Waals surface area contributed by atoms with Crippen molar-refractivity contribution in [2.75, 3.05) is 13.7 Å². The molecule has 20 heavy (non-hydrogen) atoms. The van der Waals surface area contributed by atoms with Crippen LogP contribution in [0.25, 0.3) is 0 Å². The van der Waals surface area contributed by atoms with Gasteiger partial charge in [-0.25, -0.2) is 0 Å². The van der Waals surface area contributed by atoms with Crippen molar-refractivity contribution < 1.29 is 14.9 Å². The van der Waals surface area contributed by atoms with Gasteiger partial charge < -0.3 is 20.3 Å². The fourth-order valence-corrected chi connectivity index (χ4v) is 3.86. The van der Waals surface area contributed by atoms with Crippen molar-refractivity contribution in [1.29, 1.82) is 0 Å². The molecule has 1 saturated heterocycles. The number of hydrogen-bond donors (Lipinski definition) is 3. The normalized spacial score (nSPS) is 33.5. The molecule has 0 unspecified atom stereocenters. The van der Waals surface area contributed by atoms with Gasteiger partial charge in [0.25, 0.3) is 0 Å². The van der Waals surface area contributed by atoms with E-state index in [4.69, 9.17) is 4.74 Å². The van der Waals surface area contributed by atoms with Gasteiger partial charge in [0.1, 0.15) is 0 Å². The SMILES string of the molecule is COc1cc([C@@H]2NCC[C@]3(O)CCCC[C@@H]23)ccc1O. The molecule has 1 heterocycles. The molecule has 3 atom stereocenters. The van der Waals surface area contributed by atoms with E-state index in [1.807, 2.05) is 12.1 Å². The first-order chi connectivity index (χ1) is 9.64. The number of nitrogens with one attached hydrogen (secondary N) is 1. The van der Waals surface area contributed by atoms with E-state index < -0.39 is 5.60 Å². The highest BCUT2D eigenvalue weighted by molar-refractivity contribution is 5.43. The first-order valence-corrected chi connectivity index (χ1v) is 7.47. The highest BCUT2D eigenvalue weighted by Gasteiger charge is 2.45. The third-order valence-electron chi connectivity index (χ3n) is 4.95. The predicted octanol–water partition coefficient (Wildman–Crippen LogP) is 2.36. The molecule has 0 spiro atoms. The molecule has 110 valence electrons. The topological polar surface area (TPSA) is 61.7 Å². The second-order valence-corrected chi connectivity index (χ2v) is 6.07. The van der Waals surface area contributed by atoms with E-state index in [0.717, 1.165) is 37.8 Å². The molecule has 1 saturated carbocycles. The summed E-state index contributed by atoms with van der Waals surface area (Å²) in [7, 11) is 1.56. The van der Waals surface area contributed by atoms with Gasteiger partial charge in [0, 0.05) is 12.0 Å². The van der Waals surface area contributed by atoms with Gasteiger partial charge in [-0.2, -0.15) is 0 Å². The van der Waals surface area contributed by atoms with Crippen molar-refractivity contribution in [2.45, 2.75) is 43.7 Å².